The van der Waals surface area contributed by atoms with Crippen LogP contribution < -0.4 is 10.2 Å². The highest BCUT2D eigenvalue weighted by molar-refractivity contribution is 5.45. The first kappa shape index (κ1) is 20.5. The average Bonchev–Trinajstić information content (AvgIpc) is 3.05. The lowest BCUT2D eigenvalue weighted by atomic mass is 9.94. The second-order valence-electron chi connectivity index (χ2n) is 8.11. The van der Waals surface area contributed by atoms with E-state index in [-0.39, 0.29) is 24.5 Å². The number of nitrogens with one attached hydrogen (secondary N) is 1. The van der Waals surface area contributed by atoms with Crippen molar-refractivity contribution in [1.82, 2.24) is 15.1 Å². The number of aliphatic hydroxyl groups excluding tert-OH is 1. The summed E-state index contributed by atoms with van der Waals surface area (Å²) in [5.41, 5.74) is 2.36. The van der Waals surface area contributed by atoms with Crippen molar-refractivity contribution in [2.45, 2.75) is 37.1 Å². The predicted molar refractivity (Wildman–Crippen MR) is 107 cm³/mol. The summed E-state index contributed by atoms with van der Waals surface area (Å²) in [5, 5.41) is 14.6. The van der Waals surface area contributed by atoms with Gasteiger partial charge in [0.05, 0.1) is 24.8 Å². The molecular formula is C20H34N4O3. The van der Waals surface area contributed by atoms with Gasteiger partial charge in [-0.1, -0.05) is 12.1 Å². The van der Waals surface area contributed by atoms with Gasteiger partial charge in [0, 0.05) is 39.4 Å². The van der Waals surface area contributed by atoms with Gasteiger partial charge < -0.3 is 29.7 Å². The van der Waals surface area contributed by atoms with Crippen molar-refractivity contribution in [2.75, 3.05) is 59.8 Å². The second kappa shape index (κ2) is 8.86. The number of fused-ring (bicyclic) bond motifs is 2. The first-order valence-corrected chi connectivity index (χ1v) is 9.66. The number of likely N-dealkylation sites (N-methyl/N-ethyl adjacent to an activating group) is 2. The van der Waals surface area contributed by atoms with Crippen molar-refractivity contribution >= 4 is 5.69 Å². The van der Waals surface area contributed by atoms with Crippen LogP contribution in [0.1, 0.15) is 5.56 Å². The van der Waals surface area contributed by atoms with Gasteiger partial charge in [-0.15, -0.1) is 0 Å². The summed E-state index contributed by atoms with van der Waals surface area (Å²) in [5.74, 6) is 0. The van der Waals surface area contributed by atoms with Crippen LogP contribution in [0.2, 0.25) is 0 Å². The van der Waals surface area contributed by atoms with Gasteiger partial charge in [0.15, 0.2) is 6.29 Å². The molecule has 2 aliphatic rings. The summed E-state index contributed by atoms with van der Waals surface area (Å²) in [7, 11) is 10.2. The normalized spacial score (nSPS) is 30.3. The summed E-state index contributed by atoms with van der Waals surface area (Å²) in [4.78, 5) is 6.37. The Labute approximate surface area is 162 Å². The minimum absolute atomic E-state index is 0.107. The van der Waals surface area contributed by atoms with Crippen molar-refractivity contribution in [3.05, 3.63) is 29.8 Å². The number of anilines is 1. The summed E-state index contributed by atoms with van der Waals surface area (Å²) in [6, 6.07) is 8.14. The van der Waals surface area contributed by atoms with Crippen LogP contribution >= 0.6 is 0 Å². The molecule has 5 unspecified atom stereocenters. The van der Waals surface area contributed by atoms with Gasteiger partial charge in [0.25, 0.3) is 0 Å². The molecule has 1 aromatic carbocycles. The Hall–Kier alpha value is -1.22. The third-order valence-corrected chi connectivity index (χ3v) is 5.53. The molecule has 2 aliphatic heterocycles. The van der Waals surface area contributed by atoms with E-state index in [4.69, 9.17) is 9.47 Å². The minimum Gasteiger partial charge on any atom is -0.390 e. The van der Waals surface area contributed by atoms with Crippen LogP contribution in [0.25, 0.3) is 0 Å². The van der Waals surface area contributed by atoms with Crippen LogP contribution in [0.5, 0.6) is 0 Å². The van der Waals surface area contributed by atoms with Gasteiger partial charge in [-0.25, -0.2) is 0 Å². The molecule has 7 nitrogen and oxygen atoms in total. The molecule has 3 rings (SSSR count). The standard InChI is InChI=1S/C20H34N4O3/c1-22(2)10-11-24(5)18-19(25)17(16-13-26-20(18)27-16)21-12-14-6-8-15(9-7-14)23(3)4/h6-9,16-21,25H,10-13H2,1-5H3. The molecule has 2 bridgehead atoms. The fourth-order valence-electron chi connectivity index (χ4n) is 3.78. The lowest BCUT2D eigenvalue weighted by molar-refractivity contribution is -0.179. The van der Waals surface area contributed by atoms with Gasteiger partial charge >= 0.3 is 0 Å². The number of aliphatic hydroxyl groups is 1. The molecule has 0 aromatic heterocycles. The SMILES string of the molecule is CN(C)CCN(C)C1C2OCC(O2)C(NCc2ccc(N(C)C)cc2)C1O. The van der Waals surface area contributed by atoms with Crippen molar-refractivity contribution in [3.8, 4) is 0 Å². The Morgan fingerprint density at radius 3 is 2.41 bits per heavy atom. The van der Waals surface area contributed by atoms with E-state index < -0.39 is 6.10 Å². The van der Waals surface area contributed by atoms with E-state index in [0.717, 1.165) is 13.1 Å². The molecule has 0 aliphatic carbocycles. The maximum Gasteiger partial charge on any atom is 0.176 e. The highest BCUT2D eigenvalue weighted by Crippen LogP contribution is 2.31. The highest BCUT2D eigenvalue weighted by atomic mass is 16.7. The lowest BCUT2D eigenvalue weighted by Crippen LogP contribution is -2.64. The van der Waals surface area contributed by atoms with E-state index in [0.29, 0.717) is 13.2 Å². The molecule has 7 heteroatoms. The van der Waals surface area contributed by atoms with E-state index in [1.165, 1.54) is 11.3 Å². The summed E-state index contributed by atoms with van der Waals surface area (Å²) < 4.78 is 11.9. The second-order valence-corrected chi connectivity index (χ2v) is 8.11. The molecule has 0 spiro atoms. The number of ether oxygens (including phenoxy) is 2. The summed E-state index contributed by atoms with van der Waals surface area (Å²) >= 11 is 0. The van der Waals surface area contributed by atoms with Crippen molar-refractivity contribution in [2.24, 2.45) is 0 Å². The number of benzene rings is 1. The smallest absolute Gasteiger partial charge is 0.176 e. The topological polar surface area (TPSA) is 60.4 Å². The van der Waals surface area contributed by atoms with Crippen LogP contribution in [0, 0.1) is 0 Å². The molecule has 0 amide bonds. The van der Waals surface area contributed by atoms with Crippen molar-refractivity contribution in [1.29, 1.82) is 0 Å². The van der Waals surface area contributed by atoms with Gasteiger partial charge in [0.2, 0.25) is 0 Å². The third-order valence-electron chi connectivity index (χ3n) is 5.53. The predicted octanol–water partition coefficient (Wildman–Crippen LogP) is 0.189. The molecule has 2 heterocycles. The number of hydrogen-bond donors (Lipinski definition) is 2. The molecule has 2 saturated heterocycles. The fraction of sp³-hybridized carbons (Fsp3) is 0.700. The largest absolute Gasteiger partial charge is 0.390 e. The summed E-state index contributed by atoms with van der Waals surface area (Å²) in [6.45, 7) is 2.98. The fourth-order valence-corrected chi connectivity index (χ4v) is 3.78. The van der Waals surface area contributed by atoms with Crippen LogP contribution in [-0.2, 0) is 16.0 Å². The van der Waals surface area contributed by atoms with E-state index >= 15 is 0 Å². The molecule has 5 atom stereocenters. The number of hydrogen-bond acceptors (Lipinski definition) is 7. The Morgan fingerprint density at radius 2 is 1.78 bits per heavy atom. The highest BCUT2D eigenvalue weighted by Gasteiger charge is 2.51. The van der Waals surface area contributed by atoms with Crippen LogP contribution in [0.4, 0.5) is 5.69 Å². The Bertz CT molecular complexity index is 595. The molecule has 152 valence electrons. The number of nitrogens with zero attached hydrogens (tertiary/aromatic N) is 3. The van der Waals surface area contributed by atoms with Crippen LogP contribution in [0.3, 0.4) is 0 Å². The van der Waals surface area contributed by atoms with Gasteiger partial charge in [-0.3, -0.25) is 4.90 Å². The Balaban J connectivity index is 1.62. The zero-order chi connectivity index (χ0) is 19.6. The number of rotatable bonds is 8. The van der Waals surface area contributed by atoms with E-state index in [9.17, 15) is 5.11 Å². The minimum atomic E-state index is -0.538. The third kappa shape index (κ3) is 4.80. The monoisotopic (exact) mass is 378 g/mol. The Morgan fingerprint density at radius 1 is 1.07 bits per heavy atom. The Kier molecular flexibility index (Phi) is 6.73. The van der Waals surface area contributed by atoms with Crippen molar-refractivity contribution in [3.63, 3.8) is 0 Å². The maximum atomic E-state index is 11.1. The molecule has 2 N–H and O–H groups in total. The molecular weight excluding hydrogens is 344 g/mol. The van der Waals surface area contributed by atoms with Crippen LogP contribution in [0.15, 0.2) is 24.3 Å². The van der Waals surface area contributed by atoms with Gasteiger partial charge in [-0.05, 0) is 38.8 Å². The molecule has 1 aromatic rings. The first-order valence-electron chi connectivity index (χ1n) is 9.66. The van der Waals surface area contributed by atoms with Gasteiger partial charge in [0.1, 0.15) is 6.10 Å². The van der Waals surface area contributed by atoms with Crippen LogP contribution in [-0.4, -0.2) is 100 Å². The average molecular weight is 379 g/mol. The lowest BCUT2D eigenvalue weighted by Gasteiger charge is -2.43. The quantitative estimate of drug-likeness (QED) is 0.670. The molecule has 27 heavy (non-hydrogen) atoms. The van der Waals surface area contributed by atoms with E-state index in [1.54, 1.807) is 0 Å². The van der Waals surface area contributed by atoms with E-state index in [2.05, 4.69) is 58.4 Å². The van der Waals surface area contributed by atoms with E-state index in [1.807, 2.05) is 21.1 Å². The molecule has 2 fully saturated rings. The summed E-state index contributed by atoms with van der Waals surface area (Å²) in [6.07, 6.45) is -0.997. The zero-order valence-corrected chi connectivity index (χ0v) is 17.1. The maximum absolute atomic E-state index is 11.1. The molecule has 0 saturated carbocycles. The van der Waals surface area contributed by atoms with Gasteiger partial charge in [-0.2, -0.15) is 0 Å². The van der Waals surface area contributed by atoms with Crippen molar-refractivity contribution < 1.29 is 14.6 Å². The first-order chi connectivity index (χ1) is 12.9. The molecule has 0 radical (unpaired) electrons. The zero-order valence-electron chi connectivity index (χ0n) is 17.1.